The average molecular weight is 620 g/mol. The lowest BCUT2D eigenvalue weighted by molar-refractivity contribution is -0.0515. The van der Waals surface area contributed by atoms with Gasteiger partial charge in [-0.3, -0.25) is 22.7 Å². The molecule has 20 nitrogen and oxygen atoms in total. The van der Waals surface area contributed by atoms with Gasteiger partial charge in [0.15, 0.2) is 17.7 Å². The van der Waals surface area contributed by atoms with Gasteiger partial charge in [-0.05, 0) is 18.9 Å². The van der Waals surface area contributed by atoms with E-state index in [1.165, 1.54) is 27.7 Å². The maximum atomic E-state index is 12.9. The Kier molecular flexibility index (Phi) is 8.25. The van der Waals surface area contributed by atoms with E-state index in [0.717, 1.165) is 6.33 Å². The third kappa shape index (κ3) is 6.63. The van der Waals surface area contributed by atoms with Crippen LogP contribution in [0, 0.1) is 0 Å². The first kappa shape index (κ1) is 29.6. The fraction of sp³-hybridized carbons (Fsp3) is 0.526. The van der Waals surface area contributed by atoms with Crippen molar-refractivity contribution in [2.24, 2.45) is 0 Å². The molecule has 2 aliphatic rings. The van der Waals surface area contributed by atoms with Crippen molar-refractivity contribution in [2.45, 2.75) is 49.7 Å². The van der Waals surface area contributed by atoms with Crippen molar-refractivity contribution in [1.29, 1.82) is 0 Å². The van der Waals surface area contributed by atoms with Gasteiger partial charge >= 0.3 is 21.3 Å². The molecule has 0 bridgehead atoms. The Morgan fingerprint density at radius 1 is 1.05 bits per heavy atom. The quantitative estimate of drug-likeness (QED) is 0.145. The molecule has 0 radical (unpaired) electrons. The Morgan fingerprint density at radius 2 is 1.83 bits per heavy atom. The zero-order valence-corrected chi connectivity index (χ0v) is 22.7. The number of imidazole rings is 1. The SMILES string of the molecule is Nc1ccn([C@H]2CC[C@@H](COP(=O)(O)O[C@H]3[C@@H](O)[C@H](n4cnc5c(N)ncnc54)O[C@@H]3COP(=O)(O)O)O2)c(=O)n1. The van der Waals surface area contributed by atoms with Crippen LogP contribution >= 0.6 is 15.6 Å². The zero-order chi connectivity index (χ0) is 29.5. The van der Waals surface area contributed by atoms with Crippen LogP contribution in [0.4, 0.5) is 11.6 Å². The van der Waals surface area contributed by atoms with E-state index in [1.54, 1.807) is 0 Å². The Hall–Kier alpha value is -2.87. The van der Waals surface area contributed by atoms with Crippen LogP contribution < -0.4 is 17.2 Å². The van der Waals surface area contributed by atoms with Crippen molar-refractivity contribution in [2.75, 3.05) is 24.7 Å². The van der Waals surface area contributed by atoms with Gasteiger partial charge in [0.1, 0.15) is 42.2 Å². The number of aromatic nitrogens is 6. The maximum absolute atomic E-state index is 12.9. The molecule has 2 aliphatic heterocycles. The highest BCUT2D eigenvalue weighted by atomic mass is 31.2. The molecule has 0 saturated carbocycles. The van der Waals surface area contributed by atoms with Crippen LogP contribution in [0.15, 0.2) is 29.7 Å². The smallest absolute Gasteiger partial charge is 0.386 e. The number of aliphatic hydroxyl groups excluding tert-OH is 1. The number of fused-ring (bicyclic) bond motifs is 1. The van der Waals surface area contributed by atoms with Gasteiger partial charge in [-0.2, -0.15) is 4.98 Å². The summed E-state index contributed by atoms with van der Waals surface area (Å²) >= 11 is 0. The number of hydrogen-bond donors (Lipinski definition) is 6. The second-order valence-corrected chi connectivity index (χ2v) is 11.7. The van der Waals surface area contributed by atoms with E-state index in [2.05, 4.69) is 24.5 Å². The normalized spacial score (nSPS) is 28.3. The number of hydrogen-bond acceptors (Lipinski definition) is 15. The number of nitrogens with zero attached hydrogens (tertiary/aromatic N) is 6. The number of anilines is 2. The highest BCUT2D eigenvalue weighted by molar-refractivity contribution is 7.47. The predicted molar refractivity (Wildman–Crippen MR) is 134 cm³/mol. The summed E-state index contributed by atoms with van der Waals surface area (Å²) in [6.07, 6.45) is -3.07. The van der Waals surface area contributed by atoms with Crippen molar-refractivity contribution in [3.8, 4) is 0 Å². The minimum Gasteiger partial charge on any atom is -0.386 e. The summed E-state index contributed by atoms with van der Waals surface area (Å²) in [7, 11) is -9.93. The van der Waals surface area contributed by atoms with E-state index in [9.17, 15) is 23.9 Å². The molecule has 2 saturated heterocycles. The van der Waals surface area contributed by atoms with Gasteiger partial charge in [0, 0.05) is 6.20 Å². The molecular formula is C19H26N8O12P2. The van der Waals surface area contributed by atoms with Crippen molar-refractivity contribution in [3.63, 3.8) is 0 Å². The van der Waals surface area contributed by atoms with E-state index in [1.807, 2.05) is 0 Å². The summed E-state index contributed by atoms with van der Waals surface area (Å²) in [5.41, 5.74) is 11.0. The summed E-state index contributed by atoms with van der Waals surface area (Å²) in [4.78, 5) is 56.3. The van der Waals surface area contributed by atoms with E-state index in [4.69, 9.17) is 39.8 Å². The molecule has 3 aromatic rings. The fourth-order valence-electron chi connectivity index (χ4n) is 4.46. The number of nitrogen functional groups attached to an aromatic ring is 2. The van der Waals surface area contributed by atoms with Crippen LogP contribution in [0.2, 0.25) is 0 Å². The summed E-state index contributed by atoms with van der Waals surface area (Å²) in [5.74, 6) is 0.0866. The van der Waals surface area contributed by atoms with Crippen LogP contribution in [0.25, 0.3) is 11.2 Å². The zero-order valence-electron chi connectivity index (χ0n) is 20.9. The second kappa shape index (κ2) is 11.4. The minimum atomic E-state index is -4.99. The lowest BCUT2D eigenvalue weighted by Gasteiger charge is -2.24. The van der Waals surface area contributed by atoms with Gasteiger partial charge in [0.05, 0.1) is 25.6 Å². The summed E-state index contributed by atoms with van der Waals surface area (Å²) < 4.78 is 52.9. The van der Waals surface area contributed by atoms with Crippen LogP contribution in [-0.4, -0.2) is 86.5 Å². The molecule has 8 N–H and O–H groups in total. The Labute approximate surface area is 229 Å². The molecule has 22 heteroatoms. The number of phosphoric acid groups is 2. The third-order valence-electron chi connectivity index (χ3n) is 6.30. The van der Waals surface area contributed by atoms with Gasteiger partial charge in [0.25, 0.3) is 0 Å². The number of ether oxygens (including phenoxy) is 2. The summed E-state index contributed by atoms with van der Waals surface area (Å²) in [6.45, 7) is -1.26. The van der Waals surface area contributed by atoms with Crippen LogP contribution in [-0.2, 0) is 32.2 Å². The summed E-state index contributed by atoms with van der Waals surface area (Å²) in [6, 6.07) is 1.42. The molecule has 5 rings (SSSR count). The number of aliphatic hydroxyl groups is 1. The fourth-order valence-corrected chi connectivity index (χ4v) is 5.79. The van der Waals surface area contributed by atoms with Crippen LogP contribution in [0.5, 0.6) is 0 Å². The van der Waals surface area contributed by atoms with Gasteiger partial charge < -0.3 is 40.7 Å². The molecule has 7 atom stereocenters. The molecule has 224 valence electrons. The summed E-state index contributed by atoms with van der Waals surface area (Å²) in [5, 5.41) is 11.0. The van der Waals surface area contributed by atoms with Gasteiger partial charge in [-0.25, -0.2) is 28.9 Å². The Balaban J connectivity index is 1.27. The molecule has 1 unspecified atom stereocenters. The Morgan fingerprint density at radius 3 is 2.56 bits per heavy atom. The van der Waals surface area contributed by atoms with Crippen molar-refractivity contribution < 1.29 is 52.0 Å². The Bertz CT molecular complexity index is 1560. The maximum Gasteiger partial charge on any atom is 0.472 e. The molecule has 5 heterocycles. The molecule has 0 aromatic carbocycles. The lowest BCUT2D eigenvalue weighted by atomic mass is 10.1. The van der Waals surface area contributed by atoms with Crippen molar-refractivity contribution in [1.82, 2.24) is 29.1 Å². The molecule has 3 aromatic heterocycles. The molecular weight excluding hydrogens is 594 g/mol. The van der Waals surface area contributed by atoms with Crippen LogP contribution in [0.1, 0.15) is 25.3 Å². The molecule has 2 fully saturated rings. The van der Waals surface area contributed by atoms with E-state index < -0.39 is 71.4 Å². The predicted octanol–water partition coefficient (Wildman–Crippen LogP) is -1.21. The highest BCUT2D eigenvalue weighted by Gasteiger charge is 2.50. The van der Waals surface area contributed by atoms with Crippen molar-refractivity contribution >= 4 is 38.4 Å². The molecule has 0 spiro atoms. The van der Waals surface area contributed by atoms with Crippen molar-refractivity contribution in [3.05, 3.63) is 35.4 Å². The number of rotatable bonds is 10. The first-order valence-corrected chi connectivity index (χ1v) is 15.0. The largest absolute Gasteiger partial charge is 0.472 e. The van der Waals surface area contributed by atoms with E-state index in [-0.39, 0.29) is 22.8 Å². The number of phosphoric ester groups is 2. The van der Waals surface area contributed by atoms with Gasteiger partial charge in [0.2, 0.25) is 0 Å². The topological polar surface area (TPSA) is 292 Å². The van der Waals surface area contributed by atoms with E-state index >= 15 is 0 Å². The van der Waals surface area contributed by atoms with Gasteiger partial charge in [-0.15, -0.1) is 0 Å². The monoisotopic (exact) mass is 620 g/mol. The molecule has 0 aliphatic carbocycles. The lowest BCUT2D eigenvalue weighted by Crippen LogP contribution is -2.36. The van der Waals surface area contributed by atoms with Gasteiger partial charge in [-0.1, -0.05) is 0 Å². The standard InChI is InChI=1S/C19H26N8O12P2/c20-11-3-4-26(19(29)25-11)12-2-1-9(37-12)5-36-41(33,34)39-15-10(6-35-40(30,31)32)38-18(14(15)28)27-8-24-13-16(21)22-7-23-17(13)27/h3-4,7-10,12,14-15,18,28H,1-2,5-6H2,(H,33,34)(H2,20,25,29)(H2,21,22,23)(H2,30,31,32)/t9-,10+,12+,14+,15+,18+/m0/s1. The van der Waals surface area contributed by atoms with E-state index in [0.29, 0.717) is 12.8 Å². The average Bonchev–Trinajstić information content (AvgIpc) is 3.60. The second-order valence-electron chi connectivity index (χ2n) is 9.09. The minimum absolute atomic E-state index is 0.0394. The van der Waals surface area contributed by atoms with Crippen LogP contribution in [0.3, 0.4) is 0 Å². The number of nitrogens with two attached hydrogens (primary N) is 2. The molecule has 41 heavy (non-hydrogen) atoms. The first-order chi connectivity index (χ1) is 19.3. The molecule has 0 amide bonds. The third-order valence-corrected chi connectivity index (χ3v) is 7.77. The first-order valence-electron chi connectivity index (χ1n) is 11.9. The highest BCUT2D eigenvalue weighted by Crippen LogP contribution is 2.50.